The van der Waals surface area contributed by atoms with E-state index in [-0.39, 0.29) is 0 Å². The van der Waals surface area contributed by atoms with E-state index in [1.54, 1.807) is 0 Å². The summed E-state index contributed by atoms with van der Waals surface area (Å²) in [7, 11) is 0. The van der Waals surface area contributed by atoms with Gasteiger partial charge in [-0.3, -0.25) is 0 Å². The molecule has 2 heterocycles. The van der Waals surface area contributed by atoms with E-state index in [0.717, 1.165) is 66.8 Å². The first-order valence-corrected chi connectivity index (χ1v) is 19.4. The Hall–Kier alpha value is -7.62. The molecule has 0 amide bonds. The highest BCUT2D eigenvalue weighted by Gasteiger charge is 2.26. The molecule has 268 valence electrons. The zero-order valence-corrected chi connectivity index (χ0v) is 31.1. The fourth-order valence-electron chi connectivity index (χ4n) is 8.60. The van der Waals surface area contributed by atoms with E-state index < -0.39 is 0 Å². The number of rotatable bonds is 7. The predicted molar refractivity (Wildman–Crippen MR) is 239 cm³/mol. The molecule has 0 saturated carbocycles. The maximum absolute atomic E-state index is 6.84. The van der Waals surface area contributed by atoms with Gasteiger partial charge in [0, 0.05) is 49.7 Å². The highest BCUT2D eigenvalue weighted by atomic mass is 16.3. The minimum atomic E-state index is 0.878. The fourth-order valence-corrected chi connectivity index (χ4v) is 8.60. The third-order valence-electron chi connectivity index (χ3n) is 11.2. The lowest BCUT2D eigenvalue weighted by Gasteiger charge is -2.29. The second kappa shape index (κ2) is 13.6. The quantitative estimate of drug-likeness (QED) is 0.163. The van der Waals surface area contributed by atoms with Gasteiger partial charge in [0.05, 0.1) is 16.7 Å². The topological polar surface area (TPSA) is 21.3 Å². The zero-order chi connectivity index (χ0) is 37.7. The van der Waals surface area contributed by atoms with Crippen LogP contribution >= 0.6 is 0 Å². The largest absolute Gasteiger partial charge is 0.455 e. The molecule has 2 aromatic heterocycles. The Morgan fingerprint density at radius 1 is 0.368 bits per heavy atom. The van der Waals surface area contributed by atoms with E-state index in [1.807, 2.05) is 6.07 Å². The first-order valence-electron chi connectivity index (χ1n) is 19.4. The molecule has 0 atom stereocenters. The summed E-state index contributed by atoms with van der Waals surface area (Å²) in [5, 5.41) is 4.57. The Labute approximate surface area is 330 Å². The summed E-state index contributed by atoms with van der Waals surface area (Å²) in [6.07, 6.45) is 0. The number of para-hydroxylation sites is 4. The van der Waals surface area contributed by atoms with Crippen LogP contribution in [0.1, 0.15) is 0 Å². The minimum Gasteiger partial charge on any atom is -0.455 e. The summed E-state index contributed by atoms with van der Waals surface area (Å²) < 4.78 is 9.23. The van der Waals surface area contributed by atoms with Gasteiger partial charge >= 0.3 is 0 Å². The molecule has 0 N–H and O–H groups in total. The van der Waals surface area contributed by atoms with Crippen LogP contribution in [-0.2, 0) is 0 Å². The third kappa shape index (κ3) is 5.51. The molecule has 9 aromatic carbocycles. The van der Waals surface area contributed by atoms with Crippen LogP contribution in [0, 0.1) is 0 Å². The first-order chi connectivity index (χ1) is 28.3. The average Bonchev–Trinajstić information content (AvgIpc) is 3.84. The van der Waals surface area contributed by atoms with Crippen molar-refractivity contribution in [3.8, 4) is 39.1 Å². The molecule has 0 bridgehead atoms. The standard InChI is InChI=1S/C54H36N2O/c1-4-15-37(16-5-1)39-27-31-42(32-28-39)55(43-33-29-40(30-34-43)38-17-6-2-7-18-38)49-35-36-50-52(46-22-10-12-25-48(46)56(50)41-19-8-3-9-20-41)53(49)47-24-14-23-45-44-21-11-13-26-51(44)57-54(45)47/h1-36H. The summed E-state index contributed by atoms with van der Waals surface area (Å²) in [6.45, 7) is 0. The smallest absolute Gasteiger partial charge is 0.143 e. The van der Waals surface area contributed by atoms with Crippen LogP contribution in [0.5, 0.6) is 0 Å². The van der Waals surface area contributed by atoms with Crippen LogP contribution in [0.3, 0.4) is 0 Å². The van der Waals surface area contributed by atoms with Crippen LogP contribution in [0.25, 0.3) is 82.8 Å². The van der Waals surface area contributed by atoms with Crippen molar-refractivity contribution in [2.24, 2.45) is 0 Å². The number of fused-ring (bicyclic) bond motifs is 6. The molecule has 3 nitrogen and oxygen atoms in total. The number of aromatic nitrogens is 1. The molecule has 0 radical (unpaired) electrons. The van der Waals surface area contributed by atoms with Gasteiger partial charge < -0.3 is 13.9 Å². The van der Waals surface area contributed by atoms with Crippen molar-refractivity contribution in [2.45, 2.75) is 0 Å². The second-order valence-electron chi connectivity index (χ2n) is 14.5. The lowest BCUT2D eigenvalue weighted by atomic mass is 9.94. The molecular formula is C54H36N2O. The minimum absolute atomic E-state index is 0.878. The van der Waals surface area contributed by atoms with E-state index in [2.05, 4.69) is 222 Å². The highest BCUT2D eigenvalue weighted by molar-refractivity contribution is 6.22. The predicted octanol–water partition coefficient (Wildman–Crippen LogP) is 15.2. The first kappa shape index (κ1) is 32.8. The van der Waals surface area contributed by atoms with Gasteiger partial charge in [0.1, 0.15) is 11.2 Å². The van der Waals surface area contributed by atoms with Crippen LogP contribution in [0.15, 0.2) is 223 Å². The van der Waals surface area contributed by atoms with Crippen molar-refractivity contribution in [1.82, 2.24) is 4.57 Å². The van der Waals surface area contributed by atoms with Crippen molar-refractivity contribution in [3.05, 3.63) is 218 Å². The number of hydrogen-bond donors (Lipinski definition) is 0. The van der Waals surface area contributed by atoms with Crippen LogP contribution in [0.2, 0.25) is 0 Å². The molecule has 57 heavy (non-hydrogen) atoms. The molecule has 0 spiro atoms. The number of benzene rings is 9. The van der Waals surface area contributed by atoms with Crippen molar-refractivity contribution in [3.63, 3.8) is 0 Å². The average molecular weight is 729 g/mol. The molecule has 0 fully saturated rings. The van der Waals surface area contributed by atoms with Gasteiger partial charge in [0.25, 0.3) is 0 Å². The van der Waals surface area contributed by atoms with E-state index >= 15 is 0 Å². The van der Waals surface area contributed by atoms with Crippen molar-refractivity contribution in [2.75, 3.05) is 4.90 Å². The molecule has 0 unspecified atom stereocenters. The molecule has 0 aliphatic heterocycles. The van der Waals surface area contributed by atoms with Crippen LogP contribution in [0.4, 0.5) is 17.1 Å². The highest BCUT2D eigenvalue weighted by Crippen LogP contribution is 2.50. The van der Waals surface area contributed by atoms with Crippen molar-refractivity contribution >= 4 is 60.8 Å². The molecule has 11 rings (SSSR count). The van der Waals surface area contributed by atoms with Crippen LogP contribution in [-0.4, -0.2) is 4.57 Å². The Kier molecular flexibility index (Phi) is 7.82. The molecule has 0 aliphatic rings. The van der Waals surface area contributed by atoms with Gasteiger partial charge in [-0.15, -0.1) is 0 Å². The molecule has 0 aliphatic carbocycles. The molecule has 11 aromatic rings. The maximum atomic E-state index is 6.84. The number of hydrogen-bond acceptors (Lipinski definition) is 2. The summed E-state index contributed by atoms with van der Waals surface area (Å²) in [6, 6.07) is 78.1. The van der Waals surface area contributed by atoms with Crippen LogP contribution < -0.4 is 4.90 Å². The Bertz CT molecular complexity index is 3120. The van der Waals surface area contributed by atoms with Gasteiger partial charge in [-0.2, -0.15) is 0 Å². The van der Waals surface area contributed by atoms with E-state index in [9.17, 15) is 0 Å². The monoisotopic (exact) mass is 728 g/mol. The Morgan fingerprint density at radius 3 is 1.54 bits per heavy atom. The normalized spacial score (nSPS) is 11.5. The van der Waals surface area contributed by atoms with E-state index in [0.29, 0.717) is 0 Å². The van der Waals surface area contributed by atoms with Crippen molar-refractivity contribution in [1.29, 1.82) is 0 Å². The summed E-state index contributed by atoms with van der Waals surface area (Å²) in [5.41, 5.74) is 15.2. The van der Waals surface area contributed by atoms with Gasteiger partial charge in [-0.25, -0.2) is 0 Å². The second-order valence-corrected chi connectivity index (χ2v) is 14.5. The number of anilines is 3. The van der Waals surface area contributed by atoms with Gasteiger partial charge in [-0.1, -0.05) is 158 Å². The summed E-state index contributed by atoms with van der Waals surface area (Å²) in [5.74, 6) is 0. The van der Waals surface area contributed by atoms with Gasteiger partial charge in [0.2, 0.25) is 0 Å². The van der Waals surface area contributed by atoms with Gasteiger partial charge in [-0.05, 0) is 82.9 Å². The summed E-state index contributed by atoms with van der Waals surface area (Å²) in [4.78, 5) is 2.41. The number of furan rings is 1. The van der Waals surface area contributed by atoms with E-state index in [1.165, 1.54) is 33.0 Å². The molecule has 3 heteroatoms. The fraction of sp³-hybridized carbons (Fsp3) is 0. The molecular weight excluding hydrogens is 693 g/mol. The summed E-state index contributed by atoms with van der Waals surface area (Å²) >= 11 is 0. The van der Waals surface area contributed by atoms with Gasteiger partial charge in [0.15, 0.2) is 0 Å². The maximum Gasteiger partial charge on any atom is 0.143 e. The van der Waals surface area contributed by atoms with E-state index in [4.69, 9.17) is 4.42 Å². The van der Waals surface area contributed by atoms with Crippen molar-refractivity contribution < 1.29 is 4.42 Å². The molecule has 0 saturated heterocycles. The third-order valence-corrected chi connectivity index (χ3v) is 11.2. The lowest BCUT2D eigenvalue weighted by Crippen LogP contribution is -2.11. The Balaban J connectivity index is 1.24. The Morgan fingerprint density at radius 2 is 0.895 bits per heavy atom. The lowest BCUT2D eigenvalue weighted by molar-refractivity contribution is 0.670. The zero-order valence-electron chi connectivity index (χ0n) is 31.1. The number of nitrogens with zero attached hydrogens (tertiary/aromatic N) is 2. The SMILES string of the molecule is c1ccc(-c2ccc(N(c3ccc(-c4ccccc4)cc3)c3ccc4c(c3-c3cccc5c3oc3ccccc35)c3ccccc3n4-c3ccccc3)cc2)cc1.